The predicted molar refractivity (Wildman–Crippen MR) is 68.7 cm³/mol. The fourth-order valence-corrected chi connectivity index (χ4v) is 2.07. The van der Waals surface area contributed by atoms with Crippen molar-refractivity contribution in [3.05, 3.63) is 18.2 Å². The summed E-state index contributed by atoms with van der Waals surface area (Å²) in [5.74, 6) is 6.77. The molecular weight excluding hydrogens is 216 g/mol. The van der Waals surface area contributed by atoms with Crippen molar-refractivity contribution in [3.8, 4) is 0 Å². The monoisotopic (exact) mass is 236 g/mol. The molecule has 5 nitrogen and oxygen atoms in total. The van der Waals surface area contributed by atoms with Crippen LogP contribution in [0.1, 0.15) is 25.7 Å². The first-order valence-corrected chi connectivity index (χ1v) is 6.17. The second-order valence-corrected chi connectivity index (χ2v) is 4.26. The maximum atomic E-state index is 5.75. The minimum atomic E-state index is 0.474. The molecule has 0 radical (unpaired) electrons. The van der Waals surface area contributed by atoms with Crippen LogP contribution >= 0.6 is 0 Å². The van der Waals surface area contributed by atoms with E-state index in [0.29, 0.717) is 11.9 Å². The fraction of sp³-hybridized carbons (Fsp3) is 0.583. The summed E-state index contributed by atoms with van der Waals surface area (Å²) in [5, 5.41) is 3.21. The molecule has 0 amide bonds. The van der Waals surface area contributed by atoms with E-state index in [4.69, 9.17) is 10.6 Å². The third-order valence-corrected chi connectivity index (χ3v) is 2.96. The van der Waals surface area contributed by atoms with E-state index in [0.717, 1.165) is 19.0 Å². The largest absolute Gasteiger partial charge is 0.376 e. The van der Waals surface area contributed by atoms with Crippen LogP contribution in [0.2, 0.25) is 0 Å². The molecule has 0 aromatic carbocycles. The van der Waals surface area contributed by atoms with Gasteiger partial charge in [0, 0.05) is 6.54 Å². The van der Waals surface area contributed by atoms with Gasteiger partial charge in [-0.1, -0.05) is 18.9 Å². The topological polar surface area (TPSA) is 72.2 Å². The van der Waals surface area contributed by atoms with E-state index in [1.165, 1.54) is 25.7 Å². The van der Waals surface area contributed by atoms with Crippen molar-refractivity contribution in [2.75, 3.05) is 23.9 Å². The van der Waals surface area contributed by atoms with Crippen LogP contribution in [-0.2, 0) is 4.74 Å². The Kier molecular flexibility index (Phi) is 4.58. The number of nitrogen functional groups attached to an aromatic ring is 1. The lowest BCUT2D eigenvalue weighted by molar-refractivity contribution is 0.0659. The van der Waals surface area contributed by atoms with Crippen molar-refractivity contribution in [1.82, 2.24) is 4.98 Å². The van der Waals surface area contributed by atoms with Gasteiger partial charge in [0.1, 0.15) is 11.6 Å². The molecule has 0 spiro atoms. The van der Waals surface area contributed by atoms with Crippen LogP contribution in [0.25, 0.3) is 0 Å². The number of nitrogens with one attached hydrogen (secondary N) is 2. The first-order chi connectivity index (χ1) is 8.38. The number of nitrogens with zero attached hydrogens (tertiary/aromatic N) is 1. The highest BCUT2D eigenvalue weighted by atomic mass is 16.5. The van der Waals surface area contributed by atoms with Crippen LogP contribution < -0.4 is 16.6 Å². The Labute approximate surface area is 102 Å². The van der Waals surface area contributed by atoms with Crippen LogP contribution in [0.3, 0.4) is 0 Å². The van der Waals surface area contributed by atoms with E-state index in [9.17, 15) is 0 Å². The molecule has 1 saturated carbocycles. The van der Waals surface area contributed by atoms with Crippen LogP contribution in [0.4, 0.5) is 11.6 Å². The second kappa shape index (κ2) is 6.42. The summed E-state index contributed by atoms with van der Waals surface area (Å²) in [4.78, 5) is 4.26. The zero-order valence-electron chi connectivity index (χ0n) is 9.98. The van der Waals surface area contributed by atoms with Gasteiger partial charge >= 0.3 is 0 Å². The van der Waals surface area contributed by atoms with Gasteiger partial charge in [-0.15, -0.1) is 0 Å². The van der Waals surface area contributed by atoms with E-state index >= 15 is 0 Å². The molecule has 1 heterocycles. The molecule has 1 aliphatic carbocycles. The number of aromatic nitrogens is 1. The van der Waals surface area contributed by atoms with Gasteiger partial charge in [0.2, 0.25) is 0 Å². The Morgan fingerprint density at radius 3 is 2.82 bits per heavy atom. The lowest BCUT2D eigenvalue weighted by Gasteiger charge is -2.12. The normalized spacial score (nSPS) is 16.1. The molecule has 94 valence electrons. The maximum Gasteiger partial charge on any atom is 0.142 e. The summed E-state index contributed by atoms with van der Waals surface area (Å²) in [5.41, 5.74) is 2.52. The van der Waals surface area contributed by atoms with Gasteiger partial charge in [-0.25, -0.2) is 10.8 Å². The van der Waals surface area contributed by atoms with Gasteiger partial charge in [-0.05, 0) is 25.0 Å². The van der Waals surface area contributed by atoms with Gasteiger partial charge in [0.05, 0.1) is 12.7 Å². The number of pyridine rings is 1. The van der Waals surface area contributed by atoms with Crippen LogP contribution in [0.15, 0.2) is 18.2 Å². The summed E-state index contributed by atoms with van der Waals surface area (Å²) < 4.78 is 5.75. The van der Waals surface area contributed by atoms with Gasteiger partial charge < -0.3 is 15.5 Å². The van der Waals surface area contributed by atoms with Gasteiger partial charge in [-0.2, -0.15) is 0 Å². The minimum Gasteiger partial charge on any atom is -0.376 e. The molecule has 1 aromatic rings. The average molecular weight is 236 g/mol. The zero-order chi connectivity index (χ0) is 11.9. The van der Waals surface area contributed by atoms with Crippen molar-refractivity contribution < 1.29 is 4.74 Å². The highest BCUT2D eigenvalue weighted by molar-refractivity contribution is 5.44. The summed E-state index contributed by atoms with van der Waals surface area (Å²) in [6, 6.07) is 5.64. The smallest absolute Gasteiger partial charge is 0.142 e. The third-order valence-electron chi connectivity index (χ3n) is 2.96. The third kappa shape index (κ3) is 3.87. The Hall–Kier alpha value is -1.33. The molecule has 0 aliphatic heterocycles. The van der Waals surface area contributed by atoms with E-state index in [1.54, 1.807) is 0 Å². The van der Waals surface area contributed by atoms with Crippen molar-refractivity contribution in [2.24, 2.45) is 5.84 Å². The maximum absolute atomic E-state index is 5.75. The van der Waals surface area contributed by atoms with Crippen LogP contribution in [0, 0.1) is 0 Å². The zero-order valence-corrected chi connectivity index (χ0v) is 9.98. The SMILES string of the molecule is NNc1cccc(NCCOC2CCCC2)n1. The van der Waals surface area contributed by atoms with E-state index in [1.807, 2.05) is 18.2 Å². The van der Waals surface area contributed by atoms with E-state index in [2.05, 4.69) is 15.7 Å². The Bertz CT molecular complexity index is 339. The number of anilines is 2. The molecule has 0 unspecified atom stereocenters. The number of ether oxygens (including phenoxy) is 1. The number of rotatable bonds is 6. The first-order valence-electron chi connectivity index (χ1n) is 6.17. The van der Waals surface area contributed by atoms with E-state index in [-0.39, 0.29) is 0 Å². The molecule has 1 fully saturated rings. The summed E-state index contributed by atoms with van der Waals surface area (Å²) in [6.07, 6.45) is 5.52. The second-order valence-electron chi connectivity index (χ2n) is 4.26. The molecule has 1 aromatic heterocycles. The summed E-state index contributed by atoms with van der Waals surface area (Å²) in [6.45, 7) is 1.50. The highest BCUT2D eigenvalue weighted by Crippen LogP contribution is 2.20. The molecule has 0 saturated heterocycles. The van der Waals surface area contributed by atoms with E-state index < -0.39 is 0 Å². The quantitative estimate of drug-likeness (QED) is 0.398. The lowest BCUT2D eigenvalue weighted by atomic mass is 10.3. The van der Waals surface area contributed by atoms with Gasteiger partial charge in [-0.3, -0.25) is 0 Å². The van der Waals surface area contributed by atoms with Gasteiger partial charge in [0.15, 0.2) is 0 Å². The molecule has 17 heavy (non-hydrogen) atoms. The molecule has 0 atom stereocenters. The number of hydrogen-bond acceptors (Lipinski definition) is 5. The Balaban J connectivity index is 1.66. The van der Waals surface area contributed by atoms with Crippen molar-refractivity contribution in [3.63, 3.8) is 0 Å². The summed E-state index contributed by atoms with van der Waals surface area (Å²) >= 11 is 0. The van der Waals surface area contributed by atoms with Crippen molar-refractivity contribution in [1.29, 1.82) is 0 Å². The van der Waals surface area contributed by atoms with Crippen LogP contribution in [0.5, 0.6) is 0 Å². The molecule has 0 bridgehead atoms. The number of hydrogen-bond donors (Lipinski definition) is 3. The number of nitrogens with two attached hydrogens (primary N) is 1. The minimum absolute atomic E-state index is 0.474. The van der Waals surface area contributed by atoms with Crippen LogP contribution in [-0.4, -0.2) is 24.2 Å². The predicted octanol–water partition coefficient (Wildman–Crippen LogP) is 1.74. The Morgan fingerprint density at radius 1 is 1.29 bits per heavy atom. The Morgan fingerprint density at radius 2 is 2.06 bits per heavy atom. The molecule has 2 rings (SSSR count). The highest BCUT2D eigenvalue weighted by Gasteiger charge is 2.14. The molecular formula is C12H20N4O. The summed E-state index contributed by atoms with van der Waals surface area (Å²) in [7, 11) is 0. The average Bonchev–Trinajstić information content (AvgIpc) is 2.88. The van der Waals surface area contributed by atoms with Crippen molar-refractivity contribution >= 4 is 11.6 Å². The molecule has 4 N–H and O–H groups in total. The van der Waals surface area contributed by atoms with Gasteiger partial charge in [0.25, 0.3) is 0 Å². The molecule has 5 heteroatoms. The molecule has 1 aliphatic rings. The first kappa shape index (κ1) is 12.1. The lowest BCUT2D eigenvalue weighted by Crippen LogP contribution is -2.16. The fourth-order valence-electron chi connectivity index (χ4n) is 2.07. The van der Waals surface area contributed by atoms with Crippen molar-refractivity contribution in [2.45, 2.75) is 31.8 Å². The number of hydrazine groups is 1. The standard InChI is InChI=1S/C12H20N4O/c13-16-12-7-3-6-11(15-12)14-8-9-17-10-4-1-2-5-10/h3,6-7,10H,1-2,4-5,8-9,13H2,(H2,14,15,16).